The van der Waals surface area contributed by atoms with Gasteiger partial charge >= 0.3 is 0 Å². The zero-order chi connectivity index (χ0) is 11.4. The van der Waals surface area contributed by atoms with Crippen molar-refractivity contribution in [3.8, 4) is 0 Å². The number of pyridine rings is 2. The van der Waals surface area contributed by atoms with Crippen molar-refractivity contribution in [2.75, 3.05) is 5.32 Å². The van der Waals surface area contributed by atoms with Gasteiger partial charge in [0.25, 0.3) is 0 Å². The SMILES string of the molecule is [O-][NH2+]c1ccnc(Nc2ccnc(F)c2)c1. The fourth-order valence-electron chi connectivity index (χ4n) is 1.22. The highest BCUT2D eigenvalue weighted by Crippen LogP contribution is 2.15. The number of halogens is 1. The molecule has 0 saturated carbocycles. The van der Waals surface area contributed by atoms with Gasteiger partial charge in [-0.2, -0.15) is 4.39 Å². The third kappa shape index (κ3) is 2.50. The largest absolute Gasteiger partial charge is 0.630 e. The summed E-state index contributed by atoms with van der Waals surface area (Å²) in [4.78, 5) is 7.43. The number of hydrogen-bond donors (Lipinski definition) is 2. The van der Waals surface area contributed by atoms with Gasteiger partial charge < -0.3 is 16.0 Å². The lowest BCUT2D eigenvalue weighted by Crippen LogP contribution is -2.70. The Morgan fingerprint density at radius 2 is 2.00 bits per heavy atom. The monoisotopic (exact) mass is 220 g/mol. The average Bonchev–Trinajstić information content (AvgIpc) is 2.29. The van der Waals surface area contributed by atoms with E-state index in [9.17, 15) is 9.60 Å². The molecule has 0 spiro atoms. The maximum absolute atomic E-state index is 12.8. The lowest BCUT2D eigenvalue weighted by atomic mass is 10.3. The van der Waals surface area contributed by atoms with E-state index in [4.69, 9.17) is 0 Å². The lowest BCUT2D eigenvalue weighted by molar-refractivity contribution is -0.497. The number of hydrogen-bond acceptors (Lipinski definition) is 4. The van der Waals surface area contributed by atoms with Crippen LogP contribution in [0.15, 0.2) is 36.7 Å². The van der Waals surface area contributed by atoms with Gasteiger partial charge in [0.15, 0.2) is 0 Å². The van der Waals surface area contributed by atoms with Gasteiger partial charge in [0.2, 0.25) is 5.95 Å². The highest BCUT2D eigenvalue weighted by Gasteiger charge is 2.00. The van der Waals surface area contributed by atoms with Crippen LogP contribution in [0.5, 0.6) is 0 Å². The molecule has 5 nitrogen and oxygen atoms in total. The molecule has 0 aliphatic carbocycles. The van der Waals surface area contributed by atoms with E-state index in [1.54, 1.807) is 18.2 Å². The van der Waals surface area contributed by atoms with E-state index >= 15 is 0 Å². The summed E-state index contributed by atoms with van der Waals surface area (Å²) < 4.78 is 12.8. The summed E-state index contributed by atoms with van der Waals surface area (Å²) in [5, 5.41) is 13.4. The number of nitrogens with zero attached hydrogens (tertiary/aromatic N) is 2. The molecule has 2 heterocycles. The summed E-state index contributed by atoms with van der Waals surface area (Å²) in [6.07, 6.45) is 2.85. The molecule has 0 amide bonds. The predicted molar refractivity (Wildman–Crippen MR) is 56.7 cm³/mol. The second-order valence-corrected chi connectivity index (χ2v) is 3.08. The van der Waals surface area contributed by atoms with E-state index in [0.29, 0.717) is 17.2 Å². The van der Waals surface area contributed by atoms with Crippen molar-refractivity contribution in [1.29, 1.82) is 0 Å². The van der Waals surface area contributed by atoms with E-state index in [2.05, 4.69) is 15.3 Å². The quantitative estimate of drug-likeness (QED) is 0.598. The van der Waals surface area contributed by atoms with Crippen LogP contribution in [0, 0.1) is 11.2 Å². The molecular weight excluding hydrogens is 211 g/mol. The first-order valence-corrected chi connectivity index (χ1v) is 4.58. The van der Waals surface area contributed by atoms with Crippen LogP contribution in [0.2, 0.25) is 0 Å². The minimum absolute atomic E-state index is 0.482. The molecule has 16 heavy (non-hydrogen) atoms. The third-order valence-corrected chi connectivity index (χ3v) is 1.92. The lowest BCUT2D eigenvalue weighted by Gasteiger charge is -2.06. The molecule has 2 aromatic heterocycles. The van der Waals surface area contributed by atoms with Crippen LogP contribution in [0.3, 0.4) is 0 Å². The topological polar surface area (TPSA) is 77.5 Å². The van der Waals surface area contributed by atoms with Crippen molar-refractivity contribution < 1.29 is 9.87 Å². The number of quaternary nitrogens is 1. The van der Waals surface area contributed by atoms with Crippen molar-refractivity contribution in [2.45, 2.75) is 0 Å². The van der Waals surface area contributed by atoms with Crippen molar-refractivity contribution in [3.63, 3.8) is 0 Å². The second kappa shape index (κ2) is 4.65. The Kier molecular flexibility index (Phi) is 3.04. The Labute approximate surface area is 90.9 Å². The zero-order valence-corrected chi connectivity index (χ0v) is 8.22. The van der Waals surface area contributed by atoms with Crippen LogP contribution in [-0.2, 0) is 0 Å². The van der Waals surface area contributed by atoms with Gasteiger partial charge in [-0.25, -0.2) is 9.97 Å². The molecule has 0 atom stereocenters. The fraction of sp³-hybridized carbons (Fsp3) is 0. The first-order valence-electron chi connectivity index (χ1n) is 4.58. The second-order valence-electron chi connectivity index (χ2n) is 3.08. The molecule has 0 saturated heterocycles. The molecule has 82 valence electrons. The van der Waals surface area contributed by atoms with Crippen LogP contribution < -0.4 is 10.8 Å². The highest BCUT2D eigenvalue weighted by molar-refractivity contribution is 5.57. The van der Waals surface area contributed by atoms with Gasteiger partial charge in [0.05, 0.1) is 0 Å². The van der Waals surface area contributed by atoms with E-state index in [1.807, 2.05) is 0 Å². The average molecular weight is 220 g/mol. The van der Waals surface area contributed by atoms with E-state index in [0.717, 1.165) is 5.48 Å². The fourth-order valence-corrected chi connectivity index (χ4v) is 1.22. The molecule has 0 bridgehead atoms. The summed E-state index contributed by atoms with van der Waals surface area (Å²) in [5.74, 6) is -0.0910. The number of anilines is 2. The molecule has 0 aromatic carbocycles. The number of rotatable bonds is 3. The minimum atomic E-state index is -0.573. The summed E-state index contributed by atoms with van der Waals surface area (Å²) in [6.45, 7) is 0. The van der Waals surface area contributed by atoms with Crippen molar-refractivity contribution >= 4 is 17.2 Å². The molecule has 0 radical (unpaired) electrons. The van der Waals surface area contributed by atoms with Crippen LogP contribution in [0.25, 0.3) is 0 Å². The Bertz CT molecular complexity index is 492. The van der Waals surface area contributed by atoms with Crippen molar-refractivity contribution in [3.05, 3.63) is 47.8 Å². The van der Waals surface area contributed by atoms with E-state index in [1.165, 1.54) is 18.5 Å². The Morgan fingerprint density at radius 3 is 2.75 bits per heavy atom. The summed E-state index contributed by atoms with van der Waals surface area (Å²) >= 11 is 0. The van der Waals surface area contributed by atoms with E-state index in [-0.39, 0.29) is 0 Å². The highest BCUT2D eigenvalue weighted by atomic mass is 19.1. The Hall–Kier alpha value is -2.05. The van der Waals surface area contributed by atoms with Gasteiger partial charge in [0.1, 0.15) is 11.5 Å². The number of nitrogens with two attached hydrogens (primary N) is 1. The van der Waals surface area contributed by atoms with Crippen LogP contribution >= 0.6 is 0 Å². The first kappa shape index (κ1) is 10.5. The molecule has 0 aliphatic heterocycles. The molecule has 2 aromatic rings. The van der Waals surface area contributed by atoms with Gasteiger partial charge in [-0.05, 0) is 6.07 Å². The Balaban J connectivity index is 2.20. The van der Waals surface area contributed by atoms with Crippen LogP contribution in [0.4, 0.5) is 21.6 Å². The maximum atomic E-state index is 12.8. The summed E-state index contributed by atoms with van der Waals surface area (Å²) in [7, 11) is 0. The standard InChI is InChI=1S/C10H9FN4O/c11-9-5-7(1-3-12-9)14-10-6-8(15-16)2-4-13-10/h1-6H,15H2,(H,12,13,14). The molecule has 6 heteroatoms. The Morgan fingerprint density at radius 1 is 1.19 bits per heavy atom. The number of aromatic nitrogens is 2. The molecular formula is C10H9FN4O. The molecule has 3 N–H and O–H groups in total. The molecule has 2 rings (SSSR count). The summed E-state index contributed by atoms with van der Waals surface area (Å²) in [6, 6.07) is 6.02. The van der Waals surface area contributed by atoms with Crippen molar-refractivity contribution in [2.24, 2.45) is 0 Å². The van der Waals surface area contributed by atoms with Gasteiger partial charge in [-0.15, -0.1) is 0 Å². The molecule has 0 fully saturated rings. The normalized spacial score (nSPS) is 10.1. The minimum Gasteiger partial charge on any atom is -0.630 e. The van der Waals surface area contributed by atoms with Crippen LogP contribution in [0.1, 0.15) is 0 Å². The van der Waals surface area contributed by atoms with Gasteiger partial charge in [-0.3, -0.25) is 0 Å². The number of nitrogens with one attached hydrogen (secondary N) is 1. The first-order chi connectivity index (χ1) is 7.78. The maximum Gasteiger partial charge on any atom is 0.214 e. The smallest absolute Gasteiger partial charge is 0.214 e. The van der Waals surface area contributed by atoms with Gasteiger partial charge in [0, 0.05) is 36.3 Å². The van der Waals surface area contributed by atoms with E-state index < -0.39 is 5.95 Å². The predicted octanol–water partition coefficient (Wildman–Crippen LogP) is 1.05. The van der Waals surface area contributed by atoms with Crippen LogP contribution in [-0.4, -0.2) is 9.97 Å². The van der Waals surface area contributed by atoms with Gasteiger partial charge in [-0.1, -0.05) is 0 Å². The summed E-state index contributed by atoms with van der Waals surface area (Å²) in [5.41, 5.74) is 1.76. The molecule has 0 unspecified atom stereocenters. The third-order valence-electron chi connectivity index (χ3n) is 1.92. The zero-order valence-electron chi connectivity index (χ0n) is 8.22. The van der Waals surface area contributed by atoms with Crippen molar-refractivity contribution in [1.82, 2.24) is 9.97 Å². The molecule has 0 aliphatic rings.